The molecule has 0 rings (SSSR count). The van der Waals surface area contributed by atoms with Gasteiger partial charge in [0.2, 0.25) is 0 Å². The molecule has 0 atom stereocenters. The van der Waals surface area contributed by atoms with Crippen molar-refractivity contribution >= 4 is 47.8 Å². The van der Waals surface area contributed by atoms with Crippen LogP contribution in [0.25, 0.3) is 0 Å². The van der Waals surface area contributed by atoms with Crippen molar-refractivity contribution < 1.29 is 4.74 Å². The predicted molar refractivity (Wildman–Crippen MR) is 74.2 cm³/mol. The molecular weight excluding hydrogens is 376 g/mol. The molecule has 0 N–H and O–H groups in total. The Labute approximate surface area is 113 Å². The van der Waals surface area contributed by atoms with Crippen molar-refractivity contribution in [1.82, 2.24) is 0 Å². The maximum atomic E-state index is 5.68. The van der Waals surface area contributed by atoms with E-state index in [1.165, 1.54) is 19.3 Å². The van der Waals surface area contributed by atoms with Gasteiger partial charge in [-0.05, 0) is 6.42 Å². The fourth-order valence-corrected chi connectivity index (χ4v) is 4.24. The van der Waals surface area contributed by atoms with Crippen molar-refractivity contribution in [3.05, 3.63) is 0 Å². The average molecular weight is 395 g/mol. The van der Waals surface area contributed by atoms with Crippen LogP contribution in [0.3, 0.4) is 0 Å². The fourth-order valence-electron chi connectivity index (χ4n) is 0.966. The van der Waals surface area contributed by atoms with Crippen LogP contribution in [0, 0.1) is 5.41 Å². The maximum Gasteiger partial charge on any atom is 0.0546 e. The summed E-state index contributed by atoms with van der Waals surface area (Å²) < 4.78 is 5.68. The Kier molecular flexibility index (Phi) is 10.6. The Morgan fingerprint density at radius 1 is 1.00 bits per heavy atom. The van der Waals surface area contributed by atoms with E-state index in [4.69, 9.17) is 4.74 Å². The molecule has 0 aliphatic carbocycles. The van der Waals surface area contributed by atoms with E-state index >= 15 is 0 Å². The molecule has 4 heteroatoms. The van der Waals surface area contributed by atoms with Gasteiger partial charge in [0.15, 0.2) is 0 Å². The molecule has 0 radical (unpaired) electrons. The van der Waals surface area contributed by atoms with Crippen LogP contribution in [0.5, 0.6) is 0 Å². The molecule has 0 heterocycles. The molecule has 0 aromatic rings. The van der Waals surface area contributed by atoms with Crippen molar-refractivity contribution in [2.45, 2.75) is 26.2 Å². The third-order valence-electron chi connectivity index (χ3n) is 2.15. The van der Waals surface area contributed by atoms with E-state index < -0.39 is 0 Å². The lowest BCUT2D eigenvalue weighted by Gasteiger charge is -2.27. The molecule has 0 aromatic carbocycles. The van der Waals surface area contributed by atoms with E-state index in [1.54, 1.807) is 0 Å². The lowest BCUT2D eigenvalue weighted by Crippen LogP contribution is -2.32. The number of hydrogen-bond acceptors (Lipinski definition) is 1. The average Bonchev–Trinajstić information content (AvgIpc) is 2.24. The number of ether oxygens (including phenoxy) is 1. The number of unbranched alkanes of at least 4 members (excludes halogenated alkanes) is 2. The second kappa shape index (κ2) is 9.61. The minimum atomic E-state index is 0.201. The highest BCUT2D eigenvalue weighted by Gasteiger charge is 2.26. The van der Waals surface area contributed by atoms with E-state index in [1.807, 2.05) is 0 Å². The Morgan fingerprint density at radius 2 is 1.57 bits per heavy atom. The second-order valence-corrected chi connectivity index (χ2v) is 5.34. The summed E-state index contributed by atoms with van der Waals surface area (Å²) in [5.41, 5.74) is 0.201. The van der Waals surface area contributed by atoms with Crippen LogP contribution < -0.4 is 0 Å². The van der Waals surface area contributed by atoms with Gasteiger partial charge in [-0.15, -0.1) is 0 Å². The Morgan fingerprint density at radius 3 is 2.00 bits per heavy atom. The topological polar surface area (TPSA) is 9.23 Å². The van der Waals surface area contributed by atoms with Gasteiger partial charge in [-0.25, -0.2) is 0 Å². The Balaban J connectivity index is 3.61. The van der Waals surface area contributed by atoms with Gasteiger partial charge in [-0.1, -0.05) is 67.6 Å². The molecule has 0 aliphatic rings. The zero-order chi connectivity index (χ0) is 10.9. The van der Waals surface area contributed by atoms with E-state index in [9.17, 15) is 0 Å². The summed E-state index contributed by atoms with van der Waals surface area (Å²) in [4.78, 5) is 0. The van der Waals surface area contributed by atoms with Crippen molar-refractivity contribution in [2.75, 3.05) is 29.2 Å². The summed E-state index contributed by atoms with van der Waals surface area (Å²) in [6.07, 6.45) is 3.70. The Bertz CT molecular complexity index is 118. The van der Waals surface area contributed by atoms with Crippen molar-refractivity contribution in [3.63, 3.8) is 0 Å². The molecule has 1 nitrogen and oxygen atoms in total. The molecule has 0 aliphatic heterocycles. The summed E-state index contributed by atoms with van der Waals surface area (Å²) in [6.45, 7) is 3.92. The first kappa shape index (κ1) is 15.4. The number of halogens is 3. The summed E-state index contributed by atoms with van der Waals surface area (Å²) >= 11 is 10.6. The molecule has 0 bridgehead atoms. The molecule has 0 saturated heterocycles. The van der Waals surface area contributed by atoms with Gasteiger partial charge in [0.25, 0.3) is 0 Å². The highest BCUT2D eigenvalue weighted by Crippen LogP contribution is 2.26. The van der Waals surface area contributed by atoms with Gasteiger partial charge in [-0.3, -0.25) is 0 Å². The quantitative estimate of drug-likeness (QED) is 0.417. The van der Waals surface area contributed by atoms with Gasteiger partial charge in [-0.2, -0.15) is 0 Å². The van der Waals surface area contributed by atoms with E-state index in [-0.39, 0.29) is 5.41 Å². The standard InChI is InChI=1S/C10H19Br3O/c1-2-3-4-5-14-9-10(6-11,7-12)8-13/h2-9H2,1H3. The number of alkyl halides is 3. The highest BCUT2D eigenvalue weighted by atomic mass is 79.9. The Hall–Kier alpha value is 1.40. The van der Waals surface area contributed by atoms with Crippen LogP contribution in [-0.4, -0.2) is 29.2 Å². The lowest BCUT2D eigenvalue weighted by atomic mass is 9.98. The maximum absolute atomic E-state index is 5.68. The van der Waals surface area contributed by atoms with E-state index in [0.29, 0.717) is 0 Å². The van der Waals surface area contributed by atoms with Crippen LogP contribution in [-0.2, 0) is 4.74 Å². The van der Waals surface area contributed by atoms with Crippen molar-refractivity contribution in [2.24, 2.45) is 5.41 Å². The molecule has 14 heavy (non-hydrogen) atoms. The van der Waals surface area contributed by atoms with E-state index in [0.717, 1.165) is 29.2 Å². The first-order chi connectivity index (χ1) is 6.74. The molecule has 0 saturated carbocycles. The van der Waals surface area contributed by atoms with Gasteiger partial charge in [0.1, 0.15) is 0 Å². The molecule has 0 aromatic heterocycles. The first-order valence-corrected chi connectivity index (χ1v) is 8.36. The summed E-state index contributed by atoms with van der Waals surface area (Å²) in [5, 5.41) is 2.89. The molecule has 0 fully saturated rings. The normalized spacial score (nSPS) is 12.0. The molecular formula is C10H19Br3O. The zero-order valence-electron chi connectivity index (χ0n) is 8.70. The third-order valence-corrected chi connectivity index (χ3v) is 5.72. The third kappa shape index (κ3) is 6.09. The summed E-state index contributed by atoms with van der Waals surface area (Å²) in [5.74, 6) is 0. The van der Waals surface area contributed by atoms with Crippen LogP contribution in [0.4, 0.5) is 0 Å². The smallest absolute Gasteiger partial charge is 0.0546 e. The van der Waals surface area contributed by atoms with Crippen LogP contribution in [0.1, 0.15) is 26.2 Å². The van der Waals surface area contributed by atoms with Crippen molar-refractivity contribution in [3.8, 4) is 0 Å². The summed E-state index contributed by atoms with van der Waals surface area (Å²) in [7, 11) is 0. The van der Waals surface area contributed by atoms with Gasteiger partial charge in [0.05, 0.1) is 6.61 Å². The number of rotatable bonds is 9. The largest absolute Gasteiger partial charge is 0.381 e. The zero-order valence-corrected chi connectivity index (χ0v) is 13.5. The SMILES string of the molecule is CCCCCOCC(CBr)(CBr)CBr. The molecule has 86 valence electrons. The minimum Gasteiger partial charge on any atom is -0.381 e. The first-order valence-electron chi connectivity index (χ1n) is 5.00. The van der Waals surface area contributed by atoms with Crippen LogP contribution in [0.15, 0.2) is 0 Å². The number of hydrogen-bond donors (Lipinski definition) is 0. The monoisotopic (exact) mass is 392 g/mol. The van der Waals surface area contributed by atoms with Gasteiger partial charge >= 0.3 is 0 Å². The van der Waals surface area contributed by atoms with E-state index in [2.05, 4.69) is 54.7 Å². The van der Waals surface area contributed by atoms with Gasteiger partial charge in [0, 0.05) is 28.0 Å². The minimum absolute atomic E-state index is 0.201. The molecule has 0 unspecified atom stereocenters. The molecule has 0 amide bonds. The molecule has 0 spiro atoms. The summed E-state index contributed by atoms with van der Waals surface area (Å²) in [6, 6.07) is 0. The lowest BCUT2D eigenvalue weighted by molar-refractivity contribution is 0.0765. The second-order valence-electron chi connectivity index (χ2n) is 3.66. The highest BCUT2D eigenvalue weighted by molar-refractivity contribution is 9.10. The fraction of sp³-hybridized carbons (Fsp3) is 1.00. The van der Waals surface area contributed by atoms with Crippen LogP contribution in [0.2, 0.25) is 0 Å². The van der Waals surface area contributed by atoms with Crippen LogP contribution >= 0.6 is 47.8 Å². The van der Waals surface area contributed by atoms with Gasteiger partial charge < -0.3 is 4.74 Å². The van der Waals surface area contributed by atoms with Crippen molar-refractivity contribution in [1.29, 1.82) is 0 Å². The predicted octanol–water partition coefficient (Wildman–Crippen LogP) is 4.36.